The molecule has 0 saturated heterocycles. The number of nitrogens with one attached hydrogen (secondary N) is 1. The van der Waals surface area contributed by atoms with Crippen molar-refractivity contribution in [2.45, 2.75) is 33.2 Å². The third-order valence-electron chi connectivity index (χ3n) is 3.88. The molecular formula is C17H24N4O2. The lowest BCUT2D eigenvalue weighted by molar-refractivity contribution is -0.132. The summed E-state index contributed by atoms with van der Waals surface area (Å²) < 4.78 is 5.12. The molecule has 0 spiro atoms. The van der Waals surface area contributed by atoms with Crippen molar-refractivity contribution in [1.82, 2.24) is 20.1 Å². The highest BCUT2D eigenvalue weighted by Gasteiger charge is 2.16. The van der Waals surface area contributed by atoms with E-state index in [0.717, 1.165) is 22.5 Å². The van der Waals surface area contributed by atoms with Gasteiger partial charge in [0.2, 0.25) is 5.91 Å². The van der Waals surface area contributed by atoms with Crippen molar-refractivity contribution in [3.63, 3.8) is 0 Å². The second-order valence-electron chi connectivity index (χ2n) is 5.58. The topological polar surface area (TPSA) is 71.1 Å². The Kier molecular flexibility index (Phi) is 6.29. The molecule has 0 aliphatic heterocycles. The number of methoxy groups -OCH3 is 1. The van der Waals surface area contributed by atoms with E-state index < -0.39 is 0 Å². The van der Waals surface area contributed by atoms with Gasteiger partial charge in [-0.15, -0.1) is 0 Å². The highest BCUT2D eigenvalue weighted by atomic mass is 16.5. The molecule has 6 heteroatoms. The minimum Gasteiger partial charge on any atom is -0.383 e. The van der Waals surface area contributed by atoms with Gasteiger partial charge in [-0.25, -0.2) is 0 Å². The van der Waals surface area contributed by atoms with Crippen LogP contribution in [0.25, 0.3) is 0 Å². The number of carbonyl (C=O) groups is 1. The quantitative estimate of drug-likeness (QED) is 0.809. The van der Waals surface area contributed by atoms with E-state index in [1.165, 1.54) is 0 Å². The minimum atomic E-state index is 0.117. The van der Waals surface area contributed by atoms with Crippen LogP contribution in [0.2, 0.25) is 0 Å². The third kappa shape index (κ3) is 4.89. The van der Waals surface area contributed by atoms with Gasteiger partial charge in [-0.3, -0.25) is 14.9 Å². The van der Waals surface area contributed by atoms with Crippen LogP contribution in [0, 0.1) is 13.8 Å². The first-order chi connectivity index (χ1) is 11.1. The zero-order valence-electron chi connectivity index (χ0n) is 14.0. The van der Waals surface area contributed by atoms with Gasteiger partial charge in [0.05, 0.1) is 12.3 Å². The molecular weight excluding hydrogens is 292 g/mol. The lowest BCUT2D eigenvalue weighted by Gasteiger charge is -2.22. The third-order valence-corrected chi connectivity index (χ3v) is 3.88. The Balaban J connectivity index is 1.98. The fraction of sp³-hybridized carbons (Fsp3) is 0.471. The molecule has 0 aliphatic carbocycles. The molecule has 0 radical (unpaired) electrons. The zero-order valence-corrected chi connectivity index (χ0v) is 14.0. The second kappa shape index (κ2) is 8.43. The van der Waals surface area contributed by atoms with Crippen LogP contribution in [-0.2, 0) is 22.5 Å². The number of H-pyrrole nitrogens is 1. The summed E-state index contributed by atoms with van der Waals surface area (Å²) in [7, 11) is 1.64. The summed E-state index contributed by atoms with van der Waals surface area (Å²) in [6.07, 6.45) is 4.68. The molecule has 2 heterocycles. The van der Waals surface area contributed by atoms with Crippen molar-refractivity contribution in [2.24, 2.45) is 0 Å². The van der Waals surface area contributed by atoms with Crippen molar-refractivity contribution in [3.8, 4) is 0 Å². The van der Waals surface area contributed by atoms with Gasteiger partial charge in [0.15, 0.2) is 0 Å². The van der Waals surface area contributed by atoms with Gasteiger partial charge in [0.1, 0.15) is 0 Å². The van der Waals surface area contributed by atoms with E-state index >= 15 is 0 Å². The molecule has 2 aromatic heterocycles. The molecule has 23 heavy (non-hydrogen) atoms. The summed E-state index contributed by atoms with van der Waals surface area (Å²) in [5, 5.41) is 7.14. The largest absolute Gasteiger partial charge is 0.383 e. The summed E-state index contributed by atoms with van der Waals surface area (Å²) >= 11 is 0. The number of ether oxygens (including phenoxy) is 1. The van der Waals surface area contributed by atoms with Crippen LogP contribution in [0.1, 0.15) is 28.9 Å². The number of hydrogen-bond donors (Lipinski definition) is 1. The number of amides is 1. The van der Waals surface area contributed by atoms with Crippen LogP contribution >= 0.6 is 0 Å². The Morgan fingerprint density at radius 1 is 1.39 bits per heavy atom. The molecule has 0 unspecified atom stereocenters. The molecule has 0 saturated carbocycles. The molecule has 0 atom stereocenters. The number of hydrogen-bond acceptors (Lipinski definition) is 4. The molecule has 0 aromatic carbocycles. The van der Waals surface area contributed by atoms with Crippen molar-refractivity contribution < 1.29 is 9.53 Å². The van der Waals surface area contributed by atoms with E-state index in [1.54, 1.807) is 19.5 Å². The average Bonchev–Trinajstić information content (AvgIpc) is 2.88. The fourth-order valence-electron chi connectivity index (χ4n) is 2.54. The first-order valence-corrected chi connectivity index (χ1v) is 7.78. The van der Waals surface area contributed by atoms with Crippen LogP contribution in [0.3, 0.4) is 0 Å². The maximum atomic E-state index is 12.6. The average molecular weight is 316 g/mol. The Morgan fingerprint density at radius 3 is 2.83 bits per heavy atom. The smallest absolute Gasteiger partial charge is 0.223 e. The SMILES string of the molecule is COCCN(Cc1cccnc1)C(=O)CCc1c(C)n[nH]c1C. The van der Waals surface area contributed by atoms with Crippen LogP contribution in [0.4, 0.5) is 0 Å². The van der Waals surface area contributed by atoms with E-state index in [0.29, 0.717) is 32.5 Å². The van der Waals surface area contributed by atoms with Crippen molar-refractivity contribution in [2.75, 3.05) is 20.3 Å². The summed E-state index contributed by atoms with van der Waals surface area (Å²) in [6.45, 7) is 5.60. The second-order valence-corrected chi connectivity index (χ2v) is 5.58. The number of aryl methyl sites for hydroxylation is 2. The molecule has 1 N–H and O–H groups in total. The lowest BCUT2D eigenvalue weighted by Crippen LogP contribution is -2.33. The number of nitrogens with zero attached hydrogens (tertiary/aromatic N) is 3. The first kappa shape index (κ1) is 17.1. The van der Waals surface area contributed by atoms with Crippen LogP contribution in [0.5, 0.6) is 0 Å². The molecule has 2 rings (SSSR count). The predicted molar refractivity (Wildman–Crippen MR) is 87.9 cm³/mol. The van der Waals surface area contributed by atoms with Crippen LogP contribution < -0.4 is 0 Å². The van der Waals surface area contributed by atoms with E-state index in [9.17, 15) is 4.79 Å². The van der Waals surface area contributed by atoms with Gasteiger partial charge in [-0.1, -0.05) is 6.07 Å². The zero-order chi connectivity index (χ0) is 16.7. The number of carbonyl (C=O) groups excluding carboxylic acids is 1. The Hall–Kier alpha value is -2.21. The van der Waals surface area contributed by atoms with Crippen LogP contribution in [0.15, 0.2) is 24.5 Å². The van der Waals surface area contributed by atoms with E-state index in [1.807, 2.05) is 30.9 Å². The standard InChI is InChI=1S/C17H24N4O2/c1-13-16(14(2)20-19-13)6-7-17(22)21(9-10-23-3)12-15-5-4-8-18-11-15/h4-5,8,11H,6-7,9-10,12H2,1-3H3,(H,19,20). The van der Waals surface area contributed by atoms with Crippen molar-refractivity contribution >= 4 is 5.91 Å². The van der Waals surface area contributed by atoms with Crippen LogP contribution in [-0.4, -0.2) is 46.2 Å². The van der Waals surface area contributed by atoms with Crippen molar-refractivity contribution in [3.05, 3.63) is 47.0 Å². The normalized spacial score (nSPS) is 10.7. The Labute approximate surface area is 136 Å². The lowest BCUT2D eigenvalue weighted by atomic mass is 10.1. The number of pyridine rings is 1. The highest BCUT2D eigenvalue weighted by molar-refractivity contribution is 5.76. The number of aromatic nitrogens is 3. The summed E-state index contributed by atoms with van der Waals surface area (Å²) in [4.78, 5) is 18.5. The van der Waals surface area contributed by atoms with Gasteiger partial charge < -0.3 is 9.64 Å². The highest BCUT2D eigenvalue weighted by Crippen LogP contribution is 2.13. The minimum absolute atomic E-state index is 0.117. The summed E-state index contributed by atoms with van der Waals surface area (Å²) in [5.41, 5.74) is 4.15. The molecule has 0 fully saturated rings. The molecule has 0 aliphatic rings. The molecule has 0 bridgehead atoms. The Bertz CT molecular complexity index is 605. The molecule has 6 nitrogen and oxygen atoms in total. The first-order valence-electron chi connectivity index (χ1n) is 7.78. The van der Waals surface area contributed by atoms with E-state index in [-0.39, 0.29) is 5.91 Å². The van der Waals surface area contributed by atoms with E-state index in [4.69, 9.17) is 4.74 Å². The van der Waals surface area contributed by atoms with Gasteiger partial charge in [0, 0.05) is 44.7 Å². The molecule has 1 amide bonds. The number of aromatic amines is 1. The van der Waals surface area contributed by atoms with Gasteiger partial charge >= 0.3 is 0 Å². The number of rotatable bonds is 8. The van der Waals surface area contributed by atoms with Crippen molar-refractivity contribution in [1.29, 1.82) is 0 Å². The maximum Gasteiger partial charge on any atom is 0.223 e. The van der Waals surface area contributed by atoms with E-state index in [2.05, 4.69) is 15.2 Å². The van der Waals surface area contributed by atoms with Gasteiger partial charge in [-0.05, 0) is 37.5 Å². The maximum absolute atomic E-state index is 12.6. The summed E-state index contributed by atoms with van der Waals surface area (Å²) in [5.74, 6) is 0.117. The Morgan fingerprint density at radius 2 is 2.22 bits per heavy atom. The molecule has 124 valence electrons. The van der Waals surface area contributed by atoms with Gasteiger partial charge in [0.25, 0.3) is 0 Å². The predicted octanol–water partition coefficient (Wildman–Crippen LogP) is 2.03. The fourth-order valence-corrected chi connectivity index (χ4v) is 2.54. The monoisotopic (exact) mass is 316 g/mol. The molecule has 2 aromatic rings. The van der Waals surface area contributed by atoms with Gasteiger partial charge in [-0.2, -0.15) is 5.10 Å². The summed E-state index contributed by atoms with van der Waals surface area (Å²) in [6, 6.07) is 3.86.